The molecule has 0 fully saturated rings. The maximum atomic E-state index is 13.6. The summed E-state index contributed by atoms with van der Waals surface area (Å²) in [5.41, 5.74) is 0.235. The van der Waals surface area contributed by atoms with E-state index in [1.54, 1.807) is 0 Å². The minimum atomic E-state index is -0.782. The first kappa shape index (κ1) is 16.2. The minimum Gasteiger partial charge on any atom is -0.462 e. The van der Waals surface area contributed by atoms with Crippen molar-refractivity contribution in [2.45, 2.75) is 6.92 Å². The number of carbonyl (C=O) groups excluding carboxylic acids is 2. The molecule has 1 rings (SSSR count). The lowest BCUT2D eigenvalue weighted by Crippen LogP contribution is -2.04. The normalized spacial score (nSPS) is 10.0. The van der Waals surface area contributed by atoms with Crippen molar-refractivity contribution < 1.29 is 28.2 Å². The van der Waals surface area contributed by atoms with E-state index in [0.29, 0.717) is 0 Å². The van der Waals surface area contributed by atoms with Crippen LogP contribution in [0.15, 0.2) is 55.5 Å². The van der Waals surface area contributed by atoms with Gasteiger partial charge in [0.1, 0.15) is 18.3 Å². The molecule has 1 aromatic rings. The molecule has 110 valence electrons. The third-order valence-corrected chi connectivity index (χ3v) is 2.06. The van der Waals surface area contributed by atoms with E-state index in [1.165, 1.54) is 19.1 Å². The van der Waals surface area contributed by atoms with E-state index in [0.717, 1.165) is 24.7 Å². The number of carbonyl (C=O) groups is 2. The minimum absolute atomic E-state index is 0.133. The average Bonchev–Trinajstić information content (AvgIpc) is 2.45. The van der Waals surface area contributed by atoms with Gasteiger partial charge in [-0.2, -0.15) is 0 Å². The van der Waals surface area contributed by atoms with E-state index >= 15 is 0 Å². The number of hydrogen-bond acceptors (Lipinski definition) is 5. The second kappa shape index (κ2) is 7.64. The van der Waals surface area contributed by atoms with Crippen LogP contribution in [0, 0.1) is 5.82 Å². The molecule has 21 heavy (non-hydrogen) atoms. The van der Waals surface area contributed by atoms with Gasteiger partial charge in [-0.3, -0.25) is 0 Å². The highest BCUT2D eigenvalue weighted by molar-refractivity contribution is 5.87. The second-order valence-corrected chi connectivity index (χ2v) is 3.79. The van der Waals surface area contributed by atoms with Gasteiger partial charge in [0.15, 0.2) is 11.6 Å². The van der Waals surface area contributed by atoms with Crippen molar-refractivity contribution in [2.24, 2.45) is 0 Å². The maximum absolute atomic E-state index is 13.6. The Balaban J connectivity index is 2.61. The van der Waals surface area contributed by atoms with Crippen LogP contribution in [-0.2, 0) is 14.3 Å². The van der Waals surface area contributed by atoms with Gasteiger partial charge < -0.3 is 14.2 Å². The molecule has 0 atom stereocenters. The van der Waals surface area contributed by atoms with E-state index in [9.17, 15) is 14.0 Å². The van der Waals surface area contributed by atoms with E-state index in [1.807, 2.05) is 0 Å². The first-order valence-electron chi connectivity index (χ1n) is 5.76. The lowest BCUT2D eigenvalue weighted by atomic mass is 10.3. The summed E-state index contributed by atoms with van der Waals surface area (Å²) in [6, 6.07) is 3.61. The molecular formula is C15H13FO5. The summed E-state index contributed by atoms with van der Waals surface area (Å²) in [6.45, 7) is 8.09. The number of ether oxygens (including phenoxy) is 3. The van der Waals surface area contributed by atoms with E-state index < -0.39 is 17.8 Å². The quantitative estimate of drug-likeness (QED) is 0.349. The van der Waals surface area contributed by atoms with Crippen LogP contribution >= 0.6 is 0 Å². The third-order valence-electron chi connectivity index (χ3n) is 2.06. The summed E-state index contributed by atoms with van der Waals surface area (Å²) in [7, 11) is 0. The number of benzene rings is 1. The molecule has 1 aromatic carbocycles. The number of hydrogen-bond donors (Lipinski definition) is 0. The Bertz CT molecular complexity index is 604. The molecule has 0 aliphatic rings. The molecule has 0 bridgehead atoms. The van der Waals surface area contributed by atoms with Crippen LogP contribution in [0.3, 0.4) is 0 Å². The van der Waals surface area contributed by atoms with Gasteiger partial charge in [-0.25, -0.2) is 14.0 Å². The standard InChI is InChI=1S/C15H13FO5/c1-4-14(17)21-13-6-5-11(9-12(13)16)19-7-8-20-15(18)10(2)3/h4-9H,1-2H2,3H3. The van der Waals surface area contributed by atoms with Crippen molar-refractivity contribution in [3.05, 3.63) is 61.3 Å². The largest absolute Gasteiger partial charge is 0.462 e. The van der Waals surface area contributed by atoms with Crippen LogP contribution in [0.25, 0.3) is 0 Å². The molecule has 0 unspecified atom stereocenters. The fourth-order valence-corrected chi connectivity index (χ4v) is 1.08. The molecule has 0 N–H and O–H groups in total. The number of esters is 2. The molecule has 0 heterocycles. The lowest BCUT2D eigenvalue weighted by Gasteiger charge is -2.05. The van der Waals surface area contributed by atoms with Crippen LogP contribution in [0.2, 0.25) is 0 Å². The van der Waals surface area contributed by atoms with Crippen molar-refractivity contribution in [2.75, 3.05) is 0 Å². The van der Waals surface area contributed by atoms with Gasteiger partial charge >= 0.3 is 11.9 Å². The first-order valence-corrected chi connectivity index (χ1v) is 5.76. The molecular weight excluding hydrogens is 279 g/mol. The van der Waals surface area contributed by atoms with Crippen molar-refractivity contribution >= 4 is 11.9 Å². The Morgan fingerprint density at radius 3 is 2.57 bits per heavy atom. The van der Waals surface area contributed by atoms with Gasteiger partial charge in [-0.1, -0.05) is 13.2 Å². The number of rotatable bonds is 6. The monoisotopic (exact) mass is 292 g/mol. The van der Waals surface area contributed by atoms with Gasteiger partial charge in [-0.05, 0) is 19.1 Å². The highest BCUT2D eigenvalue weighted by Crippen LogP contribution is 2.23. The zero-order valence-electron chi connectivity index (χ0n) is 11.3. The van der Waals surface area contributed by atoms with E-state index in [2.05, 4.69) is 22.6 Å². The summed E-state index contributed by atoms with van der Waals surface area (Å²) in [4.78, 5) is 22.0. The summed E-state index contributed by atoms with van der Waals surface area (Å²) in [5, 5.41) is 0. The van der Waals surface area contributed by atoms with Gasteiger partial charge in [0.25, 0.3) is 0 Å². The van der Waals surface area contributed by atoms with Crippen LogP contribution in [0.5, 0.6) is 11.5 Å². The zero-order chi connectivity index (χ0) is 15.8. The molecule has 0 aromatic heterocycles. The number of halogens is 1. The Morgan fingerprint density at radius 2 is 2.00 bits per heavy atom. The SMILES string of the molecule is C=CC(=O)Oc1ccc(OC=COC(=O)C(=C)C)cc1F. The Kier molecular flexibility index (Phi) is 5.88. The van der Waals surface area contributed by atoms with Crippen molar-refractivity contribution in [1.29, 1.82) is 0 Å². The van der Waals surface area contributed by atoms with Gasteiger partial charge in [0, 0.05) is 17.7 Å². The molecule has 0 aliphatic heterocycles. The van der Waals surface area contributed by atoms with Gasteiger partial charge in [0.2, 0.25) is 0 Å². The second-order valence-electron chi connectivity index (χ2n) is 3.79. The first-order chi connectivity index (χ1) is 9.93. The molecule has 5 nitrogen and oxygen atoms in total. The Hall–Kier alpha value is -2.89. The summed E-state index contributed by atoms with van der Waals surface area (Å²) in [5.74, 6) is -2.27. The Labute approximate surface area is 120 Å². The highest BCUT2D eigenvalue weighted by atomic mass is 19.1. The molecule has 0 radical (unpaired) electrons. The van der Waals surface area contributed by atoms with Crippen LogP contribution < -0.4 is 9.47 Å². The molecule has 0 aliphatic carbocycles. The van der Waals surface area contributed by atoms with Crippen molar-refractivity contribution in [3.8, 4) is 11.5 Å². The van der Waals surface area contributed by atoms with Crippen molar-refractivity contribution in [1.82, 2.24) is 0 Å². The Morgan fingerprint density at radius 1 is 1.29 bits per heavy atom. The maximum Gasteiger partial charge on any atom is 0.338 e. The third kappa shape index (κ3) is 5.32. The fourth-order valence-electron chi connectivity index (χ4n) is 1.08. The average molecular weight is 292 g/mol. The van der Waals surface area contributed by atoms with Crippen LogP contribution in [0.4, 0.5) is 4.39 Å². The topological polar surface area (TPSA) is 61.8 Å². The van der Waals surface area contributed by atoms with Gasteiger partial charge in [-0.15, -0.1) is 0 Å². The van der Waals surface area contributed by atoms with E-state index in [-0.39, 0.29) is 17.1 Å². The molecule has 0 amide bonds. The highest BCUT2D eigenvalue weighted by Gasteiger charge is 2.08. The summed E-state index contributed by atoms with van der Waals surface area (Å²) < 4.78 is 27.9. The lowest BCUT2D eigenvalue weighted by molar-refractivity contribution is -0.133. The van der Waals surface area contributed by atoms with Crippen LogP contribution in [-0.4, -0.2) is 11.9 Å². The fraction of sp³-hybridized carbons (Fsp3) is 0.0667. The molecule has 0 saturated carbocycles. The predicted octanol–water partition coefficient (Wildman–Crippen LogP) is 2.89. The van der Waals surface area contributed by atoms with Crippen LogP contribution in [0.1, 0.15) is 6.92 Å². The molecule has 0 saturated heterocycles. The smallest absolute Gasteiger partial charge is 0.338 e. The molecule has 6 heteroatoms. The summed E-state index contributed by atoms with van der Waals surface area (Å²) in [6.07, 6.45) is 2.98. The summed E-state index contributed by atoms with van der Waals surface area (Å²) >= 11 is 0. The van der Waals surface area contributed by atoms with Crippen molar-refractivity contribution in [3.63, 3.8) is 0 Å². The zero-order valence-corrected chi connectivity index (χ0v) is 11.3. The van der Waals surface area contributed by atoms with E-state index in [4.69, 9.17) is 4.74 Å². The van der Waals surface area contributed by atoms with Gasteiger partial charge in [0.05, 0.1) is 0 Å². The predicted molar refractivity (Wildman–Crippen MR) is 72.9 cm³/mol. The molecule has 0 spiro atoms.